The minimum absolute atomic E-state index is 0.00254. The van der Waals surface area contributed by atoms with Crippen molar-refractivity contribution >= 4 is 17.3 Å². The Morgan fingerprint density at radius 2 is 2.04 bits per heavy atom. The maximum absolute atomic E-state index is 11.2. The van der Waals surface area contributed by atoms with Crippen molar-refractivity contribution in [2.75, 3.05) is 17.2 Å². The van der Waals surface area contributed by atoms with E-state index in [1.165, 1.54) is 6.92 Å². The highest BCUT2D eigenvalue weighted by Crippen LogP contribution is 2.37. The number of hydrogen-bond donors (Lipinski definition) is 3. The minimum atomic E-state index is -1.84. The predicted octanol–water partition coefficient (Wildman–Crippen LogP) is 2.26. The number of aliphatic carboxylic acids is 1. The number of nitrogens with two attached hydrogens (primary N) is 1. The van der Waals surface area contributed by atoms with Crippen LogP contribution in [0.1, 0.15) is 18.9 Å². The van der Waals surface area contributed by atoms with Crippen molar-refractivity contribution in [2.45, 2.75) is 31.6 Å². The number of ether oxygens (including phenoxy) is 1. The number of carboxylic acids is 1. The lowest BCUT2D eigenvalue weighted by molar-refractivity contribution is -0.159. The average Bonchev–Trinajstić information content (AvgIpc) is 2.56. The van der Waals surface area contributed by atoms with Crippen LogP contribution in [0.5, 0.6) is 5.75 Å². The molecule has 6 nitrogen and oxygen atoms in total. The molecule has 2 aromatic carbocycles. The molecule has 4 N–H and O–H groups in total. The van der Waals surface area contributed by atoms with Crippen LogP contribution in [-0.4, -0.2) is 34.4 Å². The summed E-state index contributed by atoms with van der Waals surface area (Å²) in [6.45, 7) is 2.40. The summed E-state index contributed by atoms with van der Waals surface area (Å²) in [6.07, 6.45) is -0.441. The molecule has 0 aromatic heterocycles. The van der Waals surface area contributed by atoms with Crippen molar-refractivity contribution in [3.05, 3.63) is 54.1 Å². The fourth-order valence-electron chi connectivity index (χ4n) is 3.03. The number of hydrogen-bond acceptors (Lipinski definition) is 5. The van der Waals surface area contributed by atoms with Crippen molar-refractivity contribution in [1.29, 1.82) is 0 Å². The summed E-state index contributed by atoms with van der Waals surface area (Å²) in [5.74, 6) is -0.614. The van der Waals surface area contributed by atoms with E-state index in [-0.39, 0.29) is 6.42 Å². The number of fused-ring (bicyclic) bond motifs is 1. The molecule has 0 aliphatic carbocycles. The molecule has 0 saturated carbocycles. The molecule has 0 amide bonds. The van der Waals surface area contributed by atoms with Crippen LogP contribution >= 0.6 is 0 Å². The van der Waals surface area contributed by atoms with Crippen LogP contribution < -0.4 is 15.4 Å². The Morgan fingerprint density at radius 1 is 1.32 bits per heavy atom. The smallest absolute Gasteiger partial charge is 0.335 e. The Hall–Kier alpha value is -2.73. The number of carbonyl (C=O) groups is 1. The van der Waals surface area contributed by atoms with E-state index in [2.05, 4.69) is 4.90 Å². The third kappa shape index (κ3) is 3.85. The highest BCUT2D eigenvalue weighted by atomic mass is 16.5. The van der Waals surface area contributed by atoms with Gasteiger partial charge in [-0.05, 0) is 30.7 Å². The Balaban J connectivity index is 1.87. The highest BCUT2D eigenvalue weighted by molar-refractivity contribution is 5.76. The van der Waals surface area contributed by atoms with Crippen LogP contribution in [0.2, 0.25) is 0 Å². The maximum Gasteiger partial charge on any atom is 0.335 e. The second-order valence-electron chi connectivity index (χ2n) is 6.62. The number of nitrogens with zero attached hydrogens (tertiary/aromatic N) is 1. The molecule has 0 spiro atoms. The van der Waals surface area contributed by atoms with E-state index in [1.807, 2.05) is 36.4 Å². The molecule has 25 heavy (non-hydrogen) atoms. The quantitative estimate of drug-likeness (QED) is 0.721. The molecule has 0 fully saturated rings. The third-order valence-electron chi connectivity index (χ3n) is 4.34. The number of aliphatic hydroxyl groups is 1. The first-order valence-corrected chi connectivity index (χ1v) is 8.16. The largest absolute Gasteiger partial charge is 0.486 e. The number of benzene rings is 2. The summed E-state index contributed by atoms with van der Waals surface area (Å²) in [7, 11) is 0. The van der Waals surface area contributed by atoms with E-state index in [9.17, 15) is 9.90 Å². The molecule has 2 aromatic rings. The van der Waals surface area contributed by atoms with Gasteiger partial charge in [0.15, 0.2) is 5.60 Å². The van der Waals surface area contributed by atoms with E-state index in [0.29, 0.717) is 24.5 Å². The molecule has 6 heteroatoms. The normalized spacial score (nSPS) is 18.8. The lowest BCUT2D eigenvalue weighted by Gasteiger charge is -2.38. The summed E-state index contributed by atoms with van der Waals surface area (Å²) in [4.78, 5) is 13.3. The summed E-state index contributed by atoms with van der Waals surface area (Å²) >= 11 is 0. The van der Waals surface area contributed by atoms with E-state index in [0.717, 1.165) is 11.3 Å². The number of nitrogen functional groups attached to an aromatic ring is 1. The van der Waals surface area contributed by atoms with Crippen LogP contribution in [0.4, 0.5) is 11.4 Å². The molecule has 0 saturated heterocycles. The van der Waals surface area contributed by atoms with Crippen LogP contribution in [0.25, 0.3) is 0 Å². The Kier molecular flexibility index (Phi) is 4.55. The number of rotatable bonds is 5. The first-order valence-electron chi connectivity index (χ1n) is 8.16. The zero-order chi connectivity index (χ0) is 18.0. The lowest BCUT2D eigenvalue weighted by atomic mass is 9.97. The van der Waals surface area contributed by atoms with Crippen molar-refractivity contribution in [3.63, 3.8) is 0 Å². The zero-order valence-electron chi connectivity index (χ0n) is 14.1. The SMILES string of the molecule is CC(O)(CC1CN(Cc2ccccc2)c2cc(N)ccc2O1)C(=O)O. The van der Waals surface area contributed by atoms with Gasteiger partial charge in [0.25, 0.3) is 0 Å². The molecule has 1 heterocycles. The molecule has 2 unspecified atom stereocenters. The van der Waals surface area contributed by atoms with Crippen LogP contribution in [0.3, 0.4) is 0 Å². The Morgan fingerprint density at radius 3 is 2.72 bits per heavy atom. The third-order valence-corrected chi connectivity index (χ3v) is 4.34. The highest BCUT2D eigenvalue weighted by Gasteiger charge is 2.37. The minimum Gasteiger partial charge on any atom is -0.486 e. The van der Waals surface area contributed by atoms with Crippen LogP contribution in [0, 0.1) is 0 Å². The molecule has 3 rings (SSSR count). The fraction of sp³-hybridized carbons (Fsp3) is 0.316. The van der Waals surface area contributed by atoms with Gasteiger partial charge in [0.05, 0.1) is 12.2 Å². The second kappa shape index (κ2) is 6.64. The van der Waals surface area contributed by atoms with E-state index in [1.54, 1.807) is 12.1 Å². The van der Waals surface area contributed by atoms with Gasteiger partial charge in [-0.2, -0.15) is 0 Å². The van der Waals surface area contributed by atoms with Crippen molar-refractivity contribution in [3.8, 4) is 5.75 Å². The molecule has 0 radical (unpaired) electrons. The van der Waals surface area contributed by atoms with Gasteiger partial charge in [-0.3, -0.25) is 0 Å². The predicted molar refractivity (Wildman–Crippen MR) is 95.6 cm³/mol. The zero-order valence-corrected chi connectivity index (χ0v) is 14.1. The summed E-state index contributed by atoms with van der Waals surface area (Å²) in [5, 5.41) is 19.3. The van der Waals surface area contributed by atoms with Gasteiger partial charge < -0.3 is 25.6 Å². The Labute approximate surface area is 146 Å². The van der Waals surface area contributed by atoms with Crippen LogP contribution in [-0.2, 0) is 11.3 Å². The standard InChI is InChI=1S/C19H22N2O4/c1-19(24,18(22)23)10-15-12-21(11-13-5-3-2-4-6-13)16-9-14(20)7-8-17(16)25-15/h2-9,15,24H,10-12,20H2,1H3,(H,22,23). The first kappa shape index (κ1) is 17.1. The lowest BCUT2D eigenvalue weighted by Crippen LogP contribution is -2.46. The van der Waals surface area contributed by atoms with Gasteiger partial charge in [-0.15, -0.1) is 0 Å². The number of anilines is 2. The van der Waals surface area contributed by atoms with Gasteiger partial charge in [0, 0.05) is 18.7 Å². The molecule has 2 atom stereocenters. The van der Waals surface area contributed by atoms with Crippen molar-refractivity contribution in [2.24, 2.45) is 0 Å². The molecular weight excluding hydrogens is 320 g/mol. The molecule has 1 aliphatic heterocycles. The van der Waals surface area contributed by atoms with Crippen molar-refractivity contribution in [1.82, 2.24) is 0 Å². The van der Waals surface area contributed by atoms with E-state index < -0.39 is 17.7 Å². The van der Waals surface area contributed by atoms with Gasteiger partial charge in [0.2, 0.25) is 0 Å². The maximum atomic E-state index is 11.2. The van der Waals surface area contributed by atoms with Crippen molar-refractivity contribution < 1.29 is 19.7 Å². The molecule has 1 aliphatic rings. The average molecular weight is 342 g/mol. The van der Waals surface area contributed by atoms with Gasteiger partial charge in [0.1, 0.15) is 11.9 Å². The summed E-state index contributed by atoms with van der Waals surface area (Å²) in [6, 6.07) is 15.4. The summed E-state index contributed by atoms with van der Waals surface area (Å²) in [5.41, 5.74) is 6.71. The van der Waals surface area contributed by atoms with E-state index >= 15 is 0 Å². The van der Waals surface area contributed by atoms with Gasteiger partial charge in [-0.25, -0.2) is 4.79 Å². The number of carboxylic acid groups (broad SMARTS) is 1. The Bertz CT molecular complexity index is 761. The van der Waals surface area contributed by atoms with E-state index in [4.69, 9.17) is 15.6 Å². The van der Waals surface area contributed by atoms with Gasteiger partial charge >= 0.3 is 5.97 Å². The van der Waals surface area contributed by atoms with Gasteiger partial charge in [-0.1, -0.05) is 30.3 Å². The fourth-order valence-corrected chi connectivity index (χ4v) is 3.03. The molecule has 132 valence electrons. The van der Waals surface area contributed by atoms with Crippen LogP contribution in [0.15, 0.2) is 48.5 Å². The second-order valence-corrected chi connectivity index (χ2v) is 6.62. The monoisotopic (exact) mass is 342 g/mol. The topological polar surface area (TPSA) is 96.0 Å². The molecular formula is C19H22N2O4. The molecule has 0 bridgehead atoms. The first-order chi connectivity index (χ1) is 11.8. The summed E-state index contributed by atoms with van der Waals surface area (Å²) < 4.78 is 5.92.